The van der Waals surface area contributed by atoms with Gasteiger partial charge in [-0.15, -0.1) is 0 Å². The van der Waals surface area contributed by atoms with Crippen molar-refractivity contribution in [1.82, 2.24) is 0 Å². The van der Waals surface area contributed by atoms with Crippen LogP contribution in [-0.4, -0.2) is 9.66 Å². The van der Waals surface area contributed by atoms with E-state index in [4.69, 9.17) is 0 Å². The van der Waals surface area contributed by atoms with E-state index in [0.29, 0.717) is 6.42 Å². The number of rotatable bonds is 6. The molecule has 0 saturated heterocycles. The number of halogens is 4. The highest BCUT2D eigenvalue weighted by Gasteiger charge is 2.39. The zero-order valence-electron chi connectivity index (χ0n) is 7.99. The van der Waals surface area contributed by atoms with Crippen LogP contribution in [0.5, 0.6) is 0 Å². The molecule has 0 nitrogen and oxygen atoms in total. The molecule has 0 spiro atoms. The van der Waals surface area contributed by atoms with E-state index in [1.165, 1.54) is 0 Å². The van der Waals surface area contributed by atoms with Crippen molar-refractivity contribution < 1.29 is 8.78 Å². The van der Waals surface area contributed by atoms with Crippen molar-refractivity contribution in [1.29, 1.82) is 0 Å². The van der Waals surface area contributed by atoms with Gasteiger partial charge in [0.1, 0.15) is 0 Å². The molecule has 13 heavy (non-hydrogen) atoms. The molecular weight excluding hydrogens is 306 g/mol. The zero-order chi connectivity index (χ0) is 10.5. The molecule has 0 aliphatic carbocycles. The first-order chi connectivity index (χ1) is 5.93. The van der Waals surface area contributed by atoms with Crippen molar-refractivity contribution in [2.24, 2.45) is 5.92 Å². The lowest BCUT2D eigenvalue weighted by atomic mass is 9.97. The van der Waals surface area contributed by atoms with Crippen molar-refractivity contribution in [2.45, 2.75) is 49.2 Å². The average Bonchev–Trinajstić information content (AvgIpc) is 1.98. The number of hydrogen-bond donors (Lipinski definition) is 0. The van der Waals surface area contributed by atoms with E-state index in [1.807, 2.05) is 13.8 Å². The van der Waals surface area contributed by atoms with Crippen LogP contribution in [-0.2, 0) is 0 Å². The lowest BCUT2D eigenvalue weighted by Gasteiger charge is -2.26. The van der Waals surface area contributed by atoms with Crippen LogP contribution in [0.15, 0.2) is 0 Å². The second-order valence-electron chi connectivity index (χ2n) is 3.24. The van der Waals surface area contributed by atoms with Gasteiger partial charge in [0.2, 0.25) is 0 Å². The summed E-state index contributed by atoms with van der Waals surface area (Å²) in [5, 5.41) is 0. The van der Waals surface area contributed by atoms with Gasteiger partial charge in [-0.25, -0.2) is 0 Å². The molecule has 0 heterocycles. The lowest BCUT2D eigenvalue weighted by Crippen LogP contribution is -2.29. The normalized spacial score (nSPS) is 17.1. The molecule has 0 fully saturated rings. The minimum atomic E-state index is -2.74. The van der Waals surface area contributed by atoms with E-state index >= 15 is 0 Å². The van der Waals surface area contributed by atoms with E-state index in [9.17, 15) is 8.78 Å². The molecular formula is C9H16Br2F2. The molecule has 0 radical (unpaired) electrons. The molecule has 0 aromatic carbocycles. The molecule has 2 atom stereocenters. The quantitative estimate of drug-likeness (QED) is 0.607. The summed E-state index contributed by atoms with van der Waals surface area (Å²) in [6.45, 7) is 3.93. The predicted molar refractivity (Wildman–Crippen MR) is 59.9 cm³/mol. The van der Waals surface area contributed by atoms with Crippen molar-refractivity contribution in [3.8, 4) is 0 Å². The van der Waals surface area contributed by atoms with Crippen molar-refractivity contribution in [3.05, 3.63) is 0 Å². The third kappa shape index (κ3) is 5.31. The van der Waals surface area contributed by atoms with Gasteiger partial charge in [0, 0.05) is 10.7 Å². The van der Waals surface area contributed by atoms with Crippen LogP contribution in [0, 0.1) is 5.92 Å². The number of alkyl halides is 4. The predicted octanol–water partition coefficient (Wildman–Crippen LogP) is 4.95. The van der Waals surface area contributed by atoms with Gasteiger partial charge < -0.3 is 0 Å². The second kappa shape index (κ2) is 6.33. The fourth-order valence-corrected chi connectivity index (χ4v) is 3.29. The smallest absolute Gasteiger partial charge is 0.193 e. The molecule has 80 valence electrons. The first kappa shape index (κ1) is 13.8. The van der Waals surface area contributed by atoms with Gasteiger partial charge in [0.05, 0.1) is 0 Å². The minimum absolute atomic E-state index is 0.0909. The standard InChI is InChI=1S/C9H16Br2F2/c1-3-5-7(9(11,12)13)8(10)6-4-2/h7-8H,3-6H2,1-2H3. The van der Waals surface area contributed by atoms with E-state index in [-0.39, 0.29) is 4.83 Å². The van der Waals surface area contributed by atoms with E-state index < -0.39 is 10.7 Å². The third-order valence-corrected chi connectivity index (χ3v) is 3.71. The summed E-state index contributed by atoms with van der Waals surface area (Å²) in [7, 11) is 0. The van der Waals surface area contributed by atoms with Crippen molar-refractivity contribution >= 4 is 31.9 Å². The maximum absolute atomic E-state index is 13.0. The van der Waals surface area contributed by atoms with Crippen LogP contribution in [0.1, 0.15) is 39.5 Å². The highest BCUT2D eigenvalue weighted by molar-refractivity contribution is 9.10. The maximum Gasteiger partial charge on any atom is 0.305 e. The highest BCUT2D eigenvalue weighted by Crippen LogP contribution is 2.40. The summed E-state index contributed by atoms with van der Waals surface area (Å²) in [6, 6.07) is 0. The summed E-state index contributed by atoms with van der Waals surface area (Å²) >= 11 is 5.78. The van der Waals surface area contributed by atoms with Gasteiger partial charge in [-0.3, -0.25) is 0 Å². The molecule has 0 amide bonds. The zero-order valence-corrected chi connectivity index (χ0v) is 11.2. The van der Waals surface area contributed by atoms with Gasteiger partial charge in [-0.1, -0.05) is 42.6 Å². The molecule has 0 N–H and O–H groups in total. The van der Waals surface area contributed by atoms with Crippen LogP contribution in [0.4, 0.5) is 8.78 Å². The summed E-state index contributed by atoms with van der Waals surface area (Å²) in [4.78, 5) is -2.83. The molecule has 0 bridgehead atoms. The lowest BCUT2D eigenvalue weighted by molar-refractivity contribution is 0.0396. The summed E-state index contributed by atoms with van der Waals surface area (Å²) in [5.41, 5.74) is 0. The Kier molecular flexibility index (Phi) is 6.73. The largest absolute Gasteiger partial charge is 0.305 e. The van der Waals surface area contributed by atoms with Crippen molar-refractivity contribution in [2.75, 3.05) is 0 Å². The van der Waals surface area contributed by atoms with Crippen LogP contribution in [0.3, 0.4) is 0 Å². The van der Waals surface area contributed by atoms with Crippen LogP contribution in [0.25, 0.3) is 0 Å². The van der Waals surface area contributed by atoms with Gasteiger partial charge >= 0.3 is 4.83 Å². The SMILES string of the molecule is CCCC(Br)C(CCC)C(F)(F)Br. The van der Waals surface area contributed by atoms with Crippen molar-refractivity contribution in [3.63, 3.8) is 0 Å². The minimum Gasteiger partial charge on any atom is -0.193 e. The second-order valence-corrected chi connectivity index (χ2v) is 5.47. The average molecular weight is 322 g/mol. The fourth-order valence-electron chi connectivity index (χ4n) is 1.34. The number of hydrogen-bond acceptors (Lipinski definition) is 0. The Morgan fingerprint density at radius 1 is 1.15 bits per heavy atom. The van der Waals surface area contributed by atoms with Gasteiger partial charge in [-0.05, 0) is 28.8 Å². The Morgan fingerprint density at radius 3 is 1.92 bits per heavy atom. The highest BCUT2D eigenvalue weighted by atomic mass is 79.9. The van der Waals surface area contributed by atoms with Crippen LogP contribution in [0.2, 0.25) is 0 Å². The first-order valence-corrected chi connectivity index (χ1v) is 6.35. The summed E-state index contributed by atoms with van der Waals surface area (Å²) in [5.74, 6) is -0.600. The van der Waals surface area contributed by atoms with Crippen LogP contribution >= 0.6 is 31.9 Å². The van der Waals surface area contributed by atoms with E-state index in [1.54, 1.807) is 0 Å². The fraction of sp³-hybridized carbons (Fsp3) is 1.00. The Morgan fingerprint density at radius 2 is 1.62 bits per heavy atom. The molecule has 0 aliphatic rings. The molecule has 0 aliphatic heterocycles. The third-order valence-electron chi connectivity index (χ3n) is 2.02. The molecule has 0 aromatic heterocycles. The Labute approximate surface area is 95.7 Å². The topological polar surface area (TPSA) is 0 Å². The van der Waals surface area contributed by atoms with E-state index in [2.05, 4.69) is 31.9 Å². The van der Waals surface area contributed by atoms with E-state index in [0.717, 1.165) is 19.3 Å². The van der Waals surface area contributed by atoms with Crippen LogP contribution < -0.4 is 0 Å². The van der Waals surface area contributed by atoms with Gasteiger partial charge in [0.25, 0.3) is 0 Å². The summed E-state index contributed by atoms with van der Waals surface area (Å²) in [6.07, 6.45) is 3.07. The Balaban J connectivity index is 4.23. The monoisotopic (exact) mass is 320 g/mol. The molecule has 0 saturated carbocycles. The Hall–Kier alpha value is 0.820. The molecule has 4 heteroatoms. The summed E-state index contributed by atoms with van der Waals surface area (Å²) < 4.78 is 26.1. The molecule has 2 unspecified atom stereocenters. The Bertz CT molecular complexity index is 134. The first-order valence-electron chi connectivity index (χ1n) is 4.64. The molecule has 0 aromatic rings. The van der Waals surface area contributed by atoms with Gasteiger partial charge in [0.15, 0.2) is 0 Å². The maximum atomic E-state index is 13.0. The molecule has 0 rings (SSSR count). The van der Waals surface area contributed by atoms with Gasteiger partial charge in [-0.2, -0.15) is 8.78 Å².